The van der Waals surface area contributed by atoms with Crippen LogP contribution in [-0.4, -0.2) is 84.8 Å². The number of hydrogen-bond acceptors (Lipinski definition) is 8. The molecule has 4 aromatic rings. The molecule has 0 N–H and O–H groups in total. The number of benzene rings is 3. The van der Waals surface area contributed by atoms with E-state index in [4.69, 9.17) is 19.2 Å². The molecule has 0 unspecified atom stereocenters. The Morgan fingerprint density at radius 3 is 2.39 bits per heavy atom. The molecule has 3 heterocycles. The number of amides is 2. The van der Waals surface area contributed by atoms with E-state index >= 15 is 0 Å². The van der Waals surface area contributed by atoms with Crippen molar-refractivity contribution in [3.05, 3.63) is 99.1 Å². The number of para-hydroxylation sites is 1. The zero-order valence-corrected chi connectivity index (χ0v) is 25.1. The molecule has 1 saturated heterocycles. The van der Waals surface area contributed by atoms with E-state index in [-0.39, 0.29) is 30.3 Å². The zero-order valence-electron chi connectivity index (χ0n) is 25.1. The maximum Gasteiger partial charge on any atom is 0.261 e. The molecule has 228 valence electrons. The third kappa shape index (κ3) is 5.82. The van der Waals surface area contributed by atoms with E-state index in [2.05, 4.69) is 4.90 Å². The van der Waals surface area contributed by atoms with Crippen molar-refractivity contribution in [3.63, 3.8) is 0 Å². The first-order valence-corrected chi connectivity index (χ1v) is 15.0. The number of hydrogen-bond donors (Lipinski definition) is 0. The van der Waals surface area contributed by atoms with E-state index in [1.54, 1.807) is 30.9 Å². The van der Waals surface area contributed by atoms with E-state index in [1.165, 1.54) is 4.90 Å². The van der Waals surface area contributed by atoms with Gasteiger partial charge < -0.3 is 14.2 Å². The summed E-state index contributed by atoms with van der Waals surface area (Å²) in [5, 5.41) is 0.522. The van der Waals surface area contributed by atoms with Crippen molar-refractivity contribution in [2.75, 3.05) is 53.6 Å². The monoisotopic (exact) mass is 596 g/mol. The van der Waals surface area contributed by atoms with Gasteiger partial charge in [-0.2, -0.15) is 0 Å². The number of rotatable bonds is 11. The van der Waals surface area contributed by atoms with Crippen LogP contribution < -0.4 is 15.0 Å². The fourth-order valence-corrected chi connectivity index (χ4v) is 6.04. The molecule has 44 heavy (non-hydrogen) atoms. The fourth-order valence-electron chi connectivity index (χ4n) is 6.04. The molecule has 0 radical (unpaired) electrons. The predicted molar refractivity (Wildman–Crippen MR) is 166 cm³/mol. The van der Waals surface area contributed by atoms with Gasteiger partial charge in [0.1, 0.15) is 5.82 Å². The zero-order chi connectivity index (χ0) is 30.6. The lowest BCUT2D eigenvalue weighted by Crippen LogP contribution is -2.37. The number of imide groups is 1. The van der Waals surface area contributed by atoms with Crippen LogP contribution in [0.2, 0.25) is 0 Å². The van der Waals surface area contributed by atoms with E-state index in [0.29, 0.717) is 72.0 Å². The van der Waals surface area contributed by atoms with Crippen molar-refractivity contribution in [1.29, 1.82) is 0 Å². The SMILES string of the molecule is COc1ccc(CCn2c(CCN3C(=O)c4cccc(CCN5CCOCC5)c4C3=O)nc3ccccc3c2=O)cc1OC. The number of aryl methyl sites for hydroxylation is 1. The second-order valence-corrected chi connectivity index (χ2v) is 11.0. The van der Waals surface area contributed by atoms with Crippen LogP contribution in [0.5, 0.6) is 11.5 Å². The minimum absolute atomic E-state index is 0.121. The van der Waals surface area contributed by atoms with Crippen LogP contribution >= 0.6 is 0 Å². The normalized spacial score (nSPS) is 15.2. The lowest BCUT2D eigenvalue weighted by molar-refractivity contribution is 0.0384. The van der Waals surface area contributed by atoms with Gasteiger partial charge >= 0.3 is 0 Å². The molecular weight excluding hydrogens is 560 g/mol. The second-order valence-electron chi connectivity index (χ2n) is 11.0. The minimum atomic E-state index is -0.307. The Morgan fingerprint density at radius 1 is 0.795 bits per heavy atom. The Balaban J connectivity index is 1.23. The Labute approximate surface area is 255 Å². The molecule has 1 fully saturated rings. The topological polar surface area (TPSA) is 103 Å². The maximum absolute atomic E-state index is 13.7. The molecule has 0 atom stereocenters. The Hall–Kier alpha value is -4.54. The number of aromatic nitrogens is 2. The molecule has 10 nitrogen and oxygen atoms in total. The van der Waals surface area contributed by atoms with Crippen molar-refractivity contribution in [3.8, 4) is 11.5 Å². The highest BCUT2D eigenvalue weighted by Crippen LogP contribution is 2.29. The number of methoxy groups -OCH3 is 2. The van der Waals surface area contributed by atoms with Crippen LogP contribution in [0.4, 0.5) is 0 Å². The summed E-state index contributed by atoms with van der Waals surface area (Å²) >= 11 is 0. The highest BCUT2D eigenvalue weighted by atomic mass is 16.5. The molecule has 2 amide bonds. The van der Waals surface area contributed by atoms with Gasteiger partial charge in [0.15, 0.2) is 11.5 Å². The fraction of sp³-hybridized carbons (Fsp3) is 0.353. The summed E-state index contributed by atoms with van der Waals surface area (Å²) in [6.07, 6.45) is 1.48. The summed E-state index contributed by atoms with van der Waals surface area (Å²) < 4.78 is 17.9. The van der Waals surface area contributed by atoms with Gasteiger partial charge in [0, 0.05) is 39.1 Å². The maximum atomic E-state index is 13.7. The lowest BCUT2D eigenvalue weighted by atomic mass is 10.00. The van der Waals surface area contributed by atoms with Gasteiger partial charge in [-0.3, -0.25) is 28.8 Å². The summed E-state index contributed by atoms with van der Waals surface area (Å²) in [6.45, 7) is 4.43. The van der Waals surface area contributed by atoms with Gasteiger partial charge in [-0.25, -0.2) is 4.98 Å². The third-order valence-corrected chi connectivity index (χ3v) is 8.46. The Bertz CT molecular complexity index is 1760. The molecule has 0 aliphatic carbocycles. The van der Waals surface area contributed by atoms with Gasteiger partial charge in [0.25, 0.3) is 17.4 Å². The van der Waals surface area contributed by atoms with Crippen LogP contribution in [-0.2, 0) is 30.5 Å². The summed E-state index contributed by atoms with van der Waals surface area (Å²) in [5.74, 6) is 1.18. The van der Waals surface area contributed by atoms with Gasteiger partial charge in [0.05, 0.1) is 49.5 Å². The number of morpholine rings is 1. The summed E-state index contributed by atoms with van der Waals surface area (Å²) in [5.41, 5.74) is 3.21. The largest absolute Gasteiger partial charge is 0.493 e. The van der Waals surface area contributed by atoms with Crippen LogP contribution in [0, 0.1) is 0 Å². The highest BCUT2D eigenvalue weighted by molar-refractivity contribution is 6.22. The first-order valence-electron chi connectivity index (χ1n) is 15.0. The van der Waals surface area contributed by atoms with Crippen molar-refractivity contribution >= 4 is 22.7 Å². The van der Waals surface area contributed by atoms with E-state index < -0.39 is 0 Å². The van der Waals surface area contributed by atoms with Crippen LogP contribution in [0.15, 0.2) is 65.5 Å². The Morgan fingerprint density at radius 2 is 1.59 bits per heavy atom. The van der Waals surface area contributed by atoms with Crippen molar-refractivity contribution in [1.82, 2.24) is 19.4 Å². The van der Waals surface area contributed by atoms with Gasteiger partial charge in [-0.15, -0.1) is 0 Å². The highest BCUT2D eigenvalue weighted by Gasteiger charge is 2.37. The number of ether oxygens (including phenoxy) is 3. The average molecular weight is 597 g/mol. The van der Waals surface area contributed by atoms with Crippen molar-refractivity contribution in [2.45, 2.75) is 25.8 Å². The minimum Gasteiger partial charge on any atom is -0.493 e. The summed E-state index contributed by atoms with van der Waals surface area (Å²) in [6, 6.07) is 18.4. The quantitative estimate of drug-likeness (QED) is 0.243. The van der Waals surface area contributed by atoms with E-state index in [0.717, 1.165) is 30.8 Å². The van der Waals surface area contributed by atoms with Crippen LogP contribution in [0.25, 0.3) is 10.9 Å². The second kappa shape index (κ2) is 13.0. The van der Waals surface area contributed by atoms with Crippen molar-refractivity contribution < 1.29 is 23.8 Å². The predicted octanol–water partition coefficient (Wildman–Crippen LogP) is 3.37. The van der Waals surface area contributed by atoms with Gasteiger partial charge in [0.2, 0.25) is 0 Å². The molecule has 3 aromatic carbocycles. The number of carbonyl (C=O) groups excluding carboxylic acids is 2. The van der Waals surface area contributed by atoms with Crippen LogP contribution in [0.1, 0.15) is 37.7 Å². The standard InChI is InChI=1S/C34H36N4O6/c1-42-28-11-10-23(22-29(28)43-2)12-16-37-30(35-27-9-4-3-7-25(27)32(37)39)14-17-38-33(40)26-8-5-6-24(31(26)34(38)41)13-15-36-18-20-44-21-19-36/h3-11,22H,12-21H2,1-2H3. The third-order valence-electron chi connectivity index (χ3n) is 8.46. The average Bonchev–Trinajstić information content (AvgIpc) is 3.31. The molecule has 0 spiro atoms. The molecule has 6 rings (SSSR count). The first-order chi connectivity index (χ1) is 21.5. The molecule has 0 bridgehead atoms. The molecule has 0 saturated carbocycles. The first kappa shape index (κ1) is 29.5. The van der Waals surface area contributed by atoms with Gasteiger partial charge in [-0.1, -0.05) is 30.3 Å². The number of fused-ring (bicyclic) bond motifs is 2. The molecule has 2 aliphatic heterocycles. The molecule has 1 aromatic heterocycles. The molecule has 2 aliphatic rings. The van der Waals surface area contributed by atoms with E-state index in [1.807, 2.05) is 48.5 Å². The van der Waals surface area contributed by atoms with Crippen LogP contribution in [0.3, 0.4) is 0 Å². The molecule has 10 heteroatoms. The van der Waals surface area contributed by atoms with Gasteiger partial charge in [-0.05, 0) is 54.3 Å². The van der Waals surface area contributed by atoms with Crippen molar-refractivity contribution in [2.24, 2.45) is 0 Å². The van der Waals surface area contributed by atoms with E-state index in [9.17, 15) is 14.4 Å². The number of carbonyl (C=O) groups is 2. The number of nitrogens with zero attached hydrogens (tertiary/aromatic N) is 4. The Kier molecular flexibility index (Phi) is 8.72. The summed E-state index contributed by atoms with van der Waals surface area (Å²) in [7, 11) is 3.18. The summed E-state index contributed by atoms with van der Waals surface area (Å²) in [4.78, 5) is 49.2. The smallest absolute Gasteiger partial charge is 0.261 e. The molecular formula is C34H36N4O6. The lowest BCUT2D eigenvalue weighted by Gasteiger charge is -2.26.